The summed E-state index contributed by atoms with van der Waals surface area (Å²) in [4.78, 5) is 14.5. The largest absolute Gasteiger partial charge is 0.391 e. The number of carbonyl (C=O) groups is 1. The highest BCUT2D eigenvalue weighted by Gasteiger charge is 2.20. The van der Waals surface area contributed by atoms with E-state index < -0.39 is 0 Å². The van der Waals surface area contributed by atoms with Gasteiger partial charge >= 0.3 is 0 Å². The summed E-state index contributed by atoms with van der Waals surface area (Å²) < 4.78 is 0.713. The maximum atomic E-state index is 11.8. The average Bonchev–Trinajstić information content (AvgIpc) is 2.72. The molecular formula is C12H14ClNO2S. The molecule has 0 aliphatic carbocycles. The summed E-state index contributed by atoms with van der Waals surface area (Å²) in [6.07, 6.45) is 4.58. The van der Waals surface area contributed by atoms with Crippen molar-refractivity contribution in [2.75, 3.05) is 13.1 Å². The predicted octanol–water partition coefficient (Wildman–Crippen LogP) is 2.40. The molecule has 1 atom stereocenters. The van der Waals surface area contributed by atoms with E-state index in [0.29, 0.717) is 10.9 Å². The fourth-order valence-corrected chi connectivity index (χ4v) is 2.80. The average molecular weight is 272 g/mol. The molecule has 1 aliphatic heterocycles. The second-order valence-electron chi connectivity index (χ2n) is 4.06. The molecule has 3 nitrogen and oxygen atoms in total. The zero-order valence-electron chi connectivity index (χ0n) is 9.30. The van der Waals surface area contributed by atoms with Crippen LogP contribution in [0.2, 0.25) is 4.34 Å². The van der Waals surface area contributed by atoms with Crippen molar-refractivity contribution in [1.82, 2.24) is 4.90 Å². The first-order valence-corrected chi connectivity index (χ1v) is 6.75. The summed E-state index contributed by atoms with van der Waals surface area (Å²) in [5, 5.41) is 9.48. The van der Waals surface area contributed by atoms with E-state index in [4.69, 9.17) is 11.6 Å². The van der Waals surface area contributed by atoms with Gasteiger partial charge in [-0.05, 0) is 31.1 Å². The molecule has 1 amide bonds. The quantitative estimate of drug-likeness (QED) is 0.839. The third-order valence-corrected chi connectivity index (χ3v) is 3.89. The number of β-amino-alcohol motifs (C(OH)–C–C–N with tert-alkyl or cyclic N) is 1. The SMILES string of the molecule is O=C(/C=C/c1ccc(Cl)s1)N1CCCC(O)C1. The van der Waals surface area contributed by atoms with E-state index in [1.165, 1.54) is 11.3 Å². The van der Waals surface area contributed by atoms with Crippen molar-refractivity contribution in [1.29, 1.82) is 0 Å². The van der Waals surface area contributed by atoms with Gasteiger partial charge in [-0.15, -0.1) is 11.3 Å². The van der Waals surface area contributed by atoms with Gasteiger partial charge in [0.25, 0.3) is 0 Å². The van der Waals surface area contributed by atoms with E-state index in [0.717, 1.165) is 24.3 Å². The van der Waals surface area contributed by atoms with Crippen LogP contribution in [0.15, 0.2) is 18.2 Å². The Bertz CT molecular complexity index is 430. The number of amides is 1. The van der Waals surface area contributed by atoms with Gasteiger partial charge in [-0.1, -0.05) is 11.6 Å². The Labute approximate surface area is 109 Å². The maximum Gasteiger partial charge on any atom is 0.246 e. The normalized spacial score (nSPS) is 21.1. The molecule has 5 heteroatoms. The molecule has 1 aromatic heterocycles. The first kappa shape index (κ1) is 12.6. The molecular weight excluding hydrogens is 258 g/mol. The summed E-state index contributed by atoms with van der Waals surface area (Å²) in [5.74, 6) is -0.0479. The first-order chi connectivity index (χ1) is 8.15. The molecule has 0 aromatic carbocycles. The number of thiophene rings is 1. The fraction of sp³-hybridized carbons (Fsp3) is 0.417. The highest BCUT2D eigenvalue weighted by molar-refractivity contribution is 7.17. The molecule has 1 saturated heterocycles. The van der Waals surface area contributed by atoms with Gasteiger partial charge in [-0.3, -0.25) is 4.79 Å². The molecule has 2 heterocycles. The second kappa shape index (κ2) is 5.67. The van der Waals surface area contributed by atoms with Crippen molar-refractivity contribution < 1.29 is 9.90 Å². The van der Waals surface area contributed by atoms with Gasteiger partial charge in [-0.25, -0.2) is 0 Å². The molecule has 1 aromatic rings. The molecule has 0 spiro atoms. The first-order valence-electron chi connectivity index (χ1n) is 5.55. The summed E-state index contributed by atoms with van der Waals surface area (Å²) in [7, 11) is 0. The number of aliphatic hydroxyl groups excluding tert-OH is 1. The van der Waals surface area contributed by atoms with E-state index in [2.05, 4.69) is 0 Å². The number of piperidine rings is 1. The van der Waals surface area contributed by atoms with E-state index in [1.54, 1.807) is 23.1 Å². The van der Waals surface area contributed by atoms with Crippen molar-refractivity contribution in [3.8, 4) is 0 Å². The molecule has 0 radical (unpaired) electrons. The number of likely N-dealkylation sites (tertiary alicyclic amines) is 1. The topological polar surface area (TPSA) is 40.5 Å². The number of nitrogens with zero attached hydrogens (tertiary/aromatic N) is 1. The Balaban J connectivity index is 1.94. The van der Waals surface area contributed by atoms with Crippen LogP contribution in [0.5, 0.6) is 0 Å². The minimum Gasteiger partial charge on any atom is -0.391 e. The molecule has 1 fully saturated rings. The van der Waals surface area contributed by atoms with E-state index in [1.807, 2.05) is 6.07 Å². The van der Waals surface area contributed by atoms with Gasteiger partial charge in [-0.2, -0.15) is 0 Å². The smallest absolute Gasteiger partial charge is 0.246 e. The molecule has 17 heavy (non-hydrogen) atoms. The van der Waals surface area contributed by atoms with E-state index in [-0.39, 0.29) is 12.0 Å². The van der Waals surface area contributed by atoms with Crippen molar-refractivity contribution >= 4 is 34.9 Å². The second-order valence-corrected chi connectivity index (χ2v) is 5.80. The minimum absolute atomic E-state index is 0.0479. The third kappa shape index (κ3) is 3.56. The monoisotopic (exact) mass is 271 g/mol. The molecule has 1 aliphatic rings. The molecule has 0 bridgehead atoms. The lowest BCUT2D eigenvalue weighted by Crippen LogP contribution is -2.41. The highest BCUT2D eigenvalue weighted by Crippen LogP contribution is 2.22. The zero-order chi connectivity index (χ0) is 12.3. The summed E-state index contributed by atoms with van der Waals surface area (Å²) in [6.45, 7) is 1.17. The summed E-state index contributed by atoms with van der Waals surface area (Å²) in [5.41, 5.74) is 0. The molecule has 2 rings (SSSR count). The maximum absolute atomic E-state index is 11.8. The van der Waals surface area contributed by atoms with Crippen LogP contribution in [0.4, 0.5) is 0 Å². The van der Waals surface area contributed by atoms with Crippen molar-refractivity contribution in [3.05, 3.63) is 27.4 Å². The summed E-state index contributed by atoms with van der Waals surface area (Å²) in [6, 6.07) is 3.68. The number of rotatable bonds is 2. The van der Waals surface area contributed by atoms with Gasteiger partial charge in [0.2, 0.25) is 5.91 Å². The van der Waals surface area contributed by atoms with Crippen LogP contribution in [-0.2, 0) is 4.79 Å². The standard InChI is InChI=1S/C12H14ClNO2S/c13-11-5-3-10(17-11)4-6-12(16)14-7-1-2-9(15)8-14/h3-6,9,15H,1-2,7-8H2/b6-4+. The predicted molar refractivity (Wildman–Crippen MR) is 70.2 cm³/mol. The number of hydrogen-bond donors (Lipinski definition) is 1. The van der Waals surface area contributed by atoms with Crippen molar-refractivity contribution in [3.63, 3.8) is 0 Å². The lowest BCUT2D eigenvalue weighted by atomic mass is 10.1. The molecule has 92 valence electrons. The van der Waals surface area contributed by atoms with Gasteiger partial charge in [0.15, 0.2) is 0 Å². The van der Waals surface area contributed by atoms with Crippen LogP contribution in [0.1, 0.15) is 17.7 Å². The Morgan fingerprint density at radius 3 is 3.06 bits per heavy atom. The third-order valence-electron chi connectivity index (χ3n) is 2.69. The lowest BCUT2D eigenvalue weighted by molar-refractivity contribution is -0.128. The van der Waals surface area contributed by atoms with Crippen LogP contribution in [0.25, 0.3) is 6.08 Å². The number of carbonyl (C=O) groups excluding carboxylic acids is 1. The van der Waals surface area contributed by atoms with Crippen LogP contribution in [0.3, 0.4) is 0 Å². The number of hydrogen-bond acceptors (Lipinski definition) is 3. The Kier molecular flexibility index (Phi) is 4.20. The van der Waals surface area contributed by atoms with Crippen LogP contribution >= 0.6 is 22.9 Å². The number of aliphatic hydroxyl groups is 1. The Hall–Kier alpha value is -0.840. The lowest BCUT2D eigenvalue weighted by Gasteiger charge is -2.29. The molecule has 1 N–H and O–H groups in total. The van der Waals surface area contributed by atoms with Gasteiger partial charge in [0.1, 0.15) is 0 Å². The highest BCUT2D eigenvalue weighted by atomic mass is 35.5. The zero-order valence-corrected chi connectivity index (χ0v) is 10.9. The Morgan fingerprint density at radius 2 is 2.41 bits per heavy atom. The van der Waals surface area contributed by atoms with Crippen LogP contribution < -0.4 is 0 Å². The van der Waals surface area contributed by atoms with Crippen molar-refractivity contribution in [2.24, 2.45) is 0 Å². The summed E-state index contributed by atoms with van der Waals surface area (Å²) >= 11 is 7.24. The van der Waals surface area contributed by atoms with Gasteiger partial charge in [0.05, 0.1) is 10.4 Å². The molecule has 1 unspecified atom stereocenters. The van der Waals surface area contributed by atoms with Gasteiger partial charge < -0.3 is 10.0 Å². The molecule has 0 saturated carbocycles. The minimum atomic E-state index is -0.378. The Morgan fingerprint density at radius 1 is 1.59 bits per heavy atom. The van der Waals surface area contributed by atoms with Crippen molar-refractivity contribution in [2.45, 2.75) is 18.9 Å². The fourth-order valence-electron chi connectivity index (χ4n) is 1.83. The van der Waals surface area contributed by atoms with E-state index >= 15 is 0 Å². The van der Waals surface area contributed by atoms with Crippen LogP contribution in [-0.4, -0.2) is 35.1 Å². The van der Waals surface area contributed by atoms with Crippen LogP contribution in [0, 0.1) is 0 Å². The number of halogens is 1. The van der Waals surface area contributed by atoms with Gasteiger partial charge in [0, 0.05) is 24.0 Å². The van der Waals surface area contributed by atoms with E-state index in [9.17, 15) is 9.90 Å².